The van der Waals surface area contributed by atoms with Crippen molar-refractivity contribution in [1.82, 2.24) is 10.6 Å². The van der Waals surface area contributed by atoms with Crippen molar-refractivity contribution in [3.63, 3.8) is 0 Å². The van der Waals surface area contributed by atoms with Crippen LogP contribution in [0.15, 0.2) is 28.7 Å². The van der Waals surface area contributed by atoms with Gasteiger partial charge in [-0.05, 0) is 17.7 Å². The number of rotatable bonds is 4. The lowest BCUT2D eigenvalue weighted by Crippen LogP contribution is -2.44. The molecule has 0 saturated carbocycles. The summed E-state index contributed by atoms with van der Waals surface area (Å²) in [7, 11) is 1.67. The van der Waals surface area contributed by atoms with E-state index in [1.54, 1.807) is 7.11 Å². The lowest BCUT2D eigenvalue weighted by atomic mass is 10.1. The highest BCUT2D eigenvalue weighted by molar-refractivity contribution is 9.10. The zero-order valence-corrected chi connectivity index (χ0v) is 11.9. The Morgan fingerprint density at radius 2 is 2.39 bits per heavy atom. The average molecular weight is 313 g/mol. The van der Waals surface area contributed by atoms with Crippen LogP contribution in [0.2, 0.25) is 0 Å². The maximum absolute atomic E-state index is 11.9. The molecule has 18 heavy (non-hydrogen) atoms. The van der Waals surface area contributed by atoms with Crippen LogP contribution in [-0.2, 0) is 16.0 Å². The van der Waals surface area contributed by atoms with Gasteiger partial charge in [0.05, 0.1) is 18.6 Å². The van der Waals surface area contributed by atoms with E-state index in [0.717, 1.165) is 23.1 Å². The molecule has 0 spiro atoms. The van der Waals surface area contributed by atoms with E-state index in [0.29, 0.717) is 6.42 Å². The van der Waals surface area contributed by atoms with E-state index in [2.05, 4.69) is 26.6 Å². The van der Waals surface area contributed by atoms with E-state index >= 15 is 0 Å². The van der Waals surface area contributed by atoms with Crippen LogP contribution in [0.5, 0.6) is 0 Å². The summed E-state index contributed by atoms with van der Waals surface area (Å²) in [5.41, 5.74) is 1.00. The SMILES string of the molecule is CO[C@H]1CNCC1NC(=O)Cc1cccc(Br)c1. The van der Waals surface area contributed by atoms with Crippen molar-refractivity contribution in [3.8, 4) is 0 Å². The molecule has 1 heterocycles. The van der Waals surface area contributed by atoms with Gasteiger partial charge in [0.25, 0.3) is 0 Å². The highest BCUT2D eigenvalue weighted by Gasteiger charge is 2.27. The van der Waals surface area contributed by atoms with Crippen LogP contribution in [0.3, 0.4) is 0 Å². The van der Waals surface area contributed by atoms with E-state index in [-0.39, 0.29) is 18.1 Å². The number of halogens is 1. The van der Waals surface area contributed by atoms with E-state index in [4.69, 9.17) is 4.74 Å². The smallest absolute Gasteiger partial charge is 0.224 e. The summed E-state index contributed by atoms with van der Waals surface area (Å²) in [6, 6.07) is 7.85. The van der Waals surface area contributed by atoms with Gasteiger partial charge in [-0.1, -0.05) is 28.1 Å². The summed E-state index contributed by atoms with van der Waals surface area (Å²) in [6.07, 6.45) is 0.461. The normalized spacial score (nSPS) is 23.0. The molecule has 1 saturated heterocycles. The van der Waals surface area contributed by atoms with Crippen LogP contribution in [0.4, 0.5) is 0 Å². The number of ether oxygens (including phenoxy) is 1. The number of hydrogen-bond donors (Lipinski definition) is 2. The number of benzene rings is 1. The molecule has 1 fully saturated rings. The molecular formula is C13H17BrN2O2. The van der Waals surface area contributed by atoms with Crippen LogP contribution in [0.1, 0.15) is 5.56 Å². The molecule has 0 aromatic heterocycles. The van der Waals surface area contributed by atoms with Gasteiger partial charge in [-0.3, -0.25) is 4.79 Å². The Morgan fingerprint density at radius 1 is 1.56 bits per heavy atom. The molecule has 2 N–H and O–H groups in total. The predicted octanol–water partition coefficient (Wildman–Crippen LogP) is 1.09. The molecular weight excluding hydrogens is 296 g/mol. The van der Waals surface area contributed by atoms with E-state index < -0.39 is 0 Å². The summed E-state index contributed by atoms with van der Waals surface area (Å²) in [5, 5.41) is 6.21. The average Bonchev–Trinajstić information content (AvgIpc) is 2.76. The predicted molar refractivity (Wildman–Crippen MR) is 73.4 cm³/mol. The number of methoxy groups -OCH3 is 1. The Labute approximate surface area is 115 Å². The molecule has 1 aliphatic rings. The Kier molecular flexibility index (Phi) is 4.74. The van der Waals surface area contributed by atoms with Crippen molar-refractivity contribution >= 4 is 21.8 Å². The molecule has 5 heteroatoms. The fourth-order valence-electron chi connectivity index (χ4n) is 2.14. The molecule has 1 aliphatic heterocycles. The molecule has 0 aliphatic carbocycles. The van der Waals surface area contributed by atoms with Gasteiger partial charge in [-0.15, -0.1) is 0 Å². The van der Waals surface area contributed by atoms with E-state index in [1.165, 1.54) is 0 Å². The standard InChI is InChI=1S/C13H17BrN2O2/c1-18-12-8-15-7-11(12)16-13(17)6-9-3-2-4-10(14)5-9/h2-5,11-12,15H,6-8H2,1H3,(H,16,17)/t11?,12-/m0/s1. The first kappa shape index (κ1) is 13.5. The van der Waals surface area contributed by atoms with Crippen molar-refractivity contribution in [3.05, 3.63) is 34.3 Å². The second kappa shape index (κ2) is 6.31. The summed E-state index contributed by atoms with van der Waals surface area (Å²) in [6.45, 7) is 1.56. The number of carbonyl (C=O) groups excluding carboxylic acids is 1. The molecule has 2 rings (SSSR count). The van der Waals surface area contributed by atoms with Crippen molar-refractivity contribution in [2.45, 2.75) is 18.6 Å². The van der Waals surface area contributed by atoms with Crippen LogP contribution >= 0.6 is 15.9 Å². The fraction of sp³-hybridized carbons (Fsp3) is 0.462. The van der Waals surface area contributed by atoms with Crippen molar-refractivity contribution < 1.29 is 9.53 Å². The zero-order chi connectivity index (χ0) is 13.0. The Bertz CT molecular complexity index is 425. The second-order valence-electron chi connectivity index (χ2n) is 4.41. The third-order valence-electron chi connectivity index (χ3n) is 3.06. The van der Waals surface area contributed by atoms with Crippen LogP contribution in [0.25, 0.3) is 0 Å². The van der Waals surface area contributed by atoms with Gasteiger partial charge in [-0.2, -0.15) is 0 Å². The minimum absolute atomic E-state index is 0.0313. The highest BCUT2D eigenvalue weighted by atomic mass is 79.9. The zero-order valence-electron chi connectivity index (χ0n) is 10.3. The van der Waals surface area contributed by atoms with Crippen LogP contribution in [0, 0.1) is 0 Å². The van der Waals surface area contributed by atoms with Crippen LogP contribution in [-0.4, -0.2) is 38.3 Å². The summed E-state index contributed by atoms with van der Waals surface area (Å²) < 4.78 is 6.30. The minimum Gasteiger partial charge on any atom is -0.378 e. The third-order valence-corrected chi connectivity index (χ3v) is 3.55. The first-order valence-corrected chi connectivity index (χ1v) is 6.75. The number of hydrogen-bond acceptors (Lipinski definition) is 3. The second-order valence-corrected chi connectivity index (χ2v) is 5.33. The first-order chi connectivity index (χ1) is 8.69. The number of carbonyl (C=O) groups is 1. The highest BCUT2D eigenvalue weighted by Crippen LogP contribution is 2.12. The monoisotopic (exact) mass is 312 g/mol. The molecule has 2 atom stereocenters. The van der Waals surface area contributed by atoms with E-state index in [9.17, 15) is 4.79 Å². The topological polar surface area (TPSA) is 50.4 Å². The van der Waals surface area contributed by atoms with Gasteiger partial charge in [-0.25, -0.2) is 0 Å². The third kappa shape index (κ3) is 3.54. The van der Waals surface area contributed by atoms with Gasteiger partial charge >= 0.3 is 0 Å². The number of amides is 1. The maximum atomic E-state index is 11.9. The van der Waals surface area contributed by atoms with Gasteiger partial charge < -0.3 is 15.4 Å². The van der Waals surface area contributed by atoms with Crippen molar-refractivity contribution in [2.24, 2.45) is 0 Å². The van der Waals surface area contributed by atoms with Gasteiger partial charge in [0.1, 0.15) is 0 Å². The fourth-order valence-corrected chi connectivity index (χ4v) is 2.58. The van der Waals surface area contributed by atoms with Gasteiger partial charge in [0.2, 0.25) is 5.91 Å². The van der Waals surface area contributed by atoms with Gasteiger partial charge in [0, 0.05) is 24.7 Å². The van der Waals surface area contributed by atoms with Crippen molar-refractivity contribution in [2.75, 3.05) is 20.2 Å². The minimum atomic E-state index is 0.0313. The molecule has 1 unspecified atom stereocenters. The Balaban J connectivity index is 1.89. The lowest BCUT2D eigenvalue weighted by molar-refractivity contribution is -0.121. The Hall–Kier alpha value is -0.910. The summed E-state index contributed by atoms with van der Waals surface area (Å²) in [5.74, 6) is 0.0313. The molecule has 1 aromatic carbocycles. The summed E-state index contributed by atoms with van der Waals surface area (Å²) >= 11 is 3.40. The van der Waals surface area contributed by atoms with E-state index in [1.807, 2.05) is 24.3 Å². The largest absolute Gasteiger partial charge is 0.378 e. The molecule has 1 amide bonds. The molecule has 0 radical (unpaired) electrons. The molecule has 4 nitrogen and oxygen atoms in total. The van der Waals surface area contributed by atoms with Gasteiger partial charge in [0.15, 0.2) is 0 Å². The van der Waals surface area contributed by atoms with Crippen LogP contribution < -0.4 is 10.6 Å². The Morgan fingerprint density at radius 3 is 3.11 bits per heavy atom. The molecule has 1 aromatic rings. The number of nitrogens with one attached hydrogen (secondary N) is 2. The summed E-state index contributed by atoms with van der Waals surface area (Å²) in [4.78, 5) is 11.9. The molecule has 98 valence electrons. The quantitative estimate of drug-likeness (QED) is 0.875. The lowest BCUT2D eigenvalue weighted by Gasteiger charge is -2.18. The maximum Gasteiger partial charge on any atom is 0.224 e. The molecule has 0 bridgehead atoms. The van der Waals surface area contributed by atoms with Crippen molar-refractivity contribution in [1.29, 1.82) is 0 Å². The first-order valence-electron chi connectivity index (χ1n) is 5.96.